The SMILES string of the molecule is COc1cc(OC)cc(C(C(=O)O)N2CC3[C@@H]4CC[C@@H](C4)[C@@]3(C)C2)c1. The van der Waals surface area contributed by atoms with E-state index in [-0.39, 0.29) is 5.41 Å². The summed E-state index contributed by atoms with van der Waals surface area (Å²) in [5, 5.41) is 9.99. The molecule has 3 fully saturated rings. The summed E-state index contributed by atoms with van der Waals surface area (Å²) in [4.78, 5) is 14.3. The molecule has 2 unspecified atom stereocenters. The maximum Gasteiger partial charge on any atom is 0.325 e. The van der Waals surface area contributed by atoms with Crippen molar-refractivity contribution in [3.63, 3.8) is 0 Å². The van der Waals surface area contributed by atoms with Crippen LogP contribution in [0.4, 0.5) is 0 Å². The summed E-state index contributed by atoms with van der Waals surface area (Å²) in [5.74, 6) is 2.65. The summed E-state index contributed by atoms with van der Waals surface area (Å²) in [6.45, 7) is 4.13. The number of aliphatic carboxylic acids is 1. The maximum absolute atomic E-state index is 12.2. The van der Waals surface area contributed by atoms with Gasteiger partial charge in [0.25, 0.3) is 0 Å². The molecule has 25 heavy (non-hydrogen) atoms. The predicted molar refractivity (Wildman–Crippen MR) is 93.9 cm³/mol. The van der Waals surface area contributed by atoms with Crippen LogP contribution in [0.5, 0.6) is 11.5 Å². The van der Waals surface area contributed by atoms with Crippen molar-refractivity contribution in [1.29, 1.82) is 0 Å². The van der Waals surface area contributed by atoms with Gasteiger partial charge in [-0.3, -0.25) is 9.69 Å². The van der Waals surface area contributed by atoms with Gasteiger partial charge in [0.05, 0.1) is 14.2 Å². The van der Waals surface area contributed by atoms with Crippen molar-refractivity contribution >= 4 is 5.97 Å². The Bertz CT molecular complexity index is 668. The van der Waals surface area contributed by atoms with Gasteiger partial charge in [-0.2, -0.15) is 0 Å². The average molecular weight is 345 g/mol. The van der Waals surface area contributed by atoms with Crippen molar-refractivity contribution in [3.05, 3.63) is 23.8 Å². The third kappa shape index (κ3) is 2.51. The molecule has 2 bridgehead atoms. The summed E-state index contributed by atoms with van der Waals surface area (Å²) in [6, 6.07) is 4.78. The van der Waals surface area contributed by atoms with Crippen molar-refractivity contribution in [2.75, 3.05) is 27.3 Å². The highest BCUT2D eigenvalue weighted by Crippen LogP contribution is 2.63. The lowest BCUT2D eigenvalue weighted by Gasteiger charge is -2.35. The van der Waals surface area contributed by atoms with Crippen LogP contribution in [-0.2, 0) is 4.79 Å². The molecule has 3 aliphatic rings. The minimum absolute atomic E-state index is 0.277. The third-order valence-electron chi connectivity index (χ3n) is 7.09. The summed E-state index contributed by atoms with van der Waals surface area (Å²) in [7, 11) is 3.18. The maximum atomic E-state index is 12.2. The lowest BCUT2D eigenvalue weighted by molar-refractivity contribution is -0.143. The Kier molecular flexibility index (Phi) is 3.95. The van der Waals surface area contributed by atoms with Gasteiger partial charge in [0.15, 0.2) is 0 Å². The zero-order chi connectivity index (χ0) is 17.8. The highest BCUT2D eigenvalue weighted by Gasteiger charge is 2.60. The molecule has 0 radical (unpaired) electrons. The van der Waals surface area contributed by atoms with Gasteiger partial charge >= 0.3 is 5.97 Å². The van der Waals surface area contributed by atoms with Gasteiger partial charge < -0.3 is 14.6 Å². The summed E-state index contributed by atoms with van der Waals surface area (Å²) < 4.78 is 10.7. The van der Waals surface area contributed by atoms with E-state index in [4.69, 9.17) is 9.47 Å². The van der Waals surface area contributed by atoms with E-state index >= 15 is 0 Å². The number of rotatable bonds is 5. The number of fused-ring (bicyclic) bond motifs is 5. The Labute approximate surface area is 148 Å². The van der Waals surface area contributed by atoms with Gasteiger partial charge in [0.2, 0.25) is 0 Å². The Morgan fingerprint density at radius 3 is 2.48 bits per heavy atom. The standard InChI is InChI=1S/C20H27NO4/c1-20-11-21(10-17(20)12-4-5-14(20)6-12)18(19(22)23)13-7-15(24-2)9-16(8-13)25-3/h7-9,12,14,17-18H,4-6,10-11H2,1-3H3,(H,22,23)/t12-,14+,17?,18?,20-/m1/s1. The van der Waals surface area contributed by atoms with Crippen LogP contribution in [-0.4, -0.2) is 43.3 Å². The monoisotopic (exact) mass is 345 g/mol. The Hall–Kier alpha value is -1.75. The number of carboxylic acid groups (broad SMARTS) is 1. The van der Waals surface area contributed by atoms with Gasteiger partial charge in [0, 0.05) is 19.2 Å². The molecule has 0 aromatic heterocycles. The zero-order valence-electron chi connectivity index (χ0n) is 15.2. The van der Waals surface area contributed by atoms with Crippen LogP contribution in [0.3, 0.4) is 0 Å². The minimum Gasteiger partial charge on any atom is -0.497 e. The number of carbonyl (C=O) groups is 1. The fraction of sp³-hybridized carbons (Fsp3) is 0.650. The molecule has 1 aromatic rings. The molecule has 1 aromatic carbocycles. The van der Waals surface area contributed by atoms with Crippen molar-refractivity contribution in [2.45, 2.75) is 32.2 Å². The first-order valence-electron chi connectivity index (χ1n) is 9.16. The lowest BCUT2D eigenvalue weighted by atomic mass is 9.70. The van der Waals surface area contributed by atoms with Crippen LogP contribution in [0.2, 0.25) is 0 Å². The largest absolute Gasteiger partial charge is 0.497 e. The van der Waals surface area contributed by atoms with E-state index in [9.17, 15) is 9.90 Å². The molecule has 1 aliphatic heterocycles. The number of ether oxygens (including phenoxy) is 2. The van der Waals surface area contributed by atoms with E-state index in [1.165, 1.54) is 19.3 Å². The molecule has 4 rings (SSSR count). The highest BCUT2D eigenvalue weighted by atomic mass is 16.5. The number of methoxy groups -OCH3 is 2. The Balaban J connectivity index is 1.66. The summed E-state index contributed by atoms with van der Waals surface area (Å²) in [5.41, 5.74) is 1.01. The third-order valence-corrected chi connectivity index (χ3v) is 7.09. The first kappa shape index (κ1) is 16.7. The molecule has 136 valence electrons. The number of hydrogen-bond donors (Lipinski definition) is 1. The molecule has 1 saturated heterocycles. The second kappa shape index (κ2) is 5.90. The molecule has 1 heterocycles. The predicted octanol–water partition coefficient (Wildman–Crippen LogP) is 3.20. The first-order chi connectivity index (χ1) is 12.0. The smallest absolute Gasteiger partial charge is 0.325 e. The number of carboxylic acids is 1. The summed E-state index contributed by atoms with van der Waals surface area (Å²) >= 11 is 0. The molecule has 5 nitrogen and oxygen atoms in total. The molecule has 5 heteroatoms. The van der Waals surface area contributed by atoms with E-state index in [0.29, 0.717) is 17.4 Å². The molecule has 0 amide bonds. The van der Waals surface area contributed by atoms with Crippen molar-refractivity contribution in [1.82, 2.24) is 4.90 Å². The first-order valence-corrected chi connectivity index (χ1v) is 9.16. The van der Waals surface area contributed by atoms with Crippen LogP contribution in [0.15, 0.2) is 18.2 Å². The Morgan fingerprint density at radius 1 is 1.24 bits per heavy atom. The summed E-state index contributed by atoms with van der Waals surface area (Å²) in [6.07, 6.45) is 3.99. The quantitative estimate of drug-likeness (QED) is 0.888. The topological polar surface area (TPSA) is 59.0 Å². The molecule has 0 spiro atoms. The van der Waals surface area contributed by atoms with E-state index in [1.807, 2.05) is 12.1 Å². The van der Waals surface area contributed by atoms with Gasteiger partial charge in [-0.1, -0.05) is 6.92 Å². The second-order valence-electron chi connectivity index (χ2n) is 8.20. The molecule has 2 aliphatic carbocycles. The van der Waals surface area contributed by atoms with Crippen LogP contribution >= 0.6 is 0 Å². The van der Waals surface area contributed by atoms with Crippen LogP contribution in [0.25, 0.3) is 0 Å². The van der Waals surface area contributed by atoms with Crippen molar-refractivity contribution in [3.8, 4) is 11.5 Å². The van der Waals surface area contributed by atoms with Crippen LogP contribution in [0.1, 0.15) is 37.8 Å². The van der Waals surface area contributed by atoms with Gasteiger partial charge in [-0.05, 0) is 60.1 Å². The van der Waals surface area contributed by atoms with Gasteiger partial charge in [-0.25, -0.2) is 0 Å². The lowest BCUT2D eigenvalue weighted by Crippen LogP contribution is -2.36. The van der Waals surface area contributed by atoms with Crippen LogP contribution < -0.4 is 9.47 Å². The molecular weight excluding hydrogens is 318 g/mol. The fourth-order valence-electron chi connectivity index (χ4n) is 5.87. The molecule has 2 saturated carbocycles. The van der Waals surface area contributed by atoms with Crippen molar-refractivity contribution < 1.29 is 19.4 Å². The Morgan fingerprint density at radius 2 is 1.92 bits per heavy atom. The second-order valence-corrected chi connectivity index (χ2v) is 8.20. The number of likely N-dealkylation sites (tertiary alicyclic amines) is 1. The minimum atomic E-state index is -0.800. The average Bonchev–Trinajstić information content (AvgIpc) is 3.25. The number of hydrogen-bond acceptors (Lipinski definition) is 4. The number of nitrogens with zero attached hydrogens (tertiary/aromatic N) is 1. The number of benzene rings is 1. The van der Waals surface area contributed by atoms with Gasteiger partial charge in [-0.15, -0.1) is 0 Å². The fourth-order valence-corrected chi connectivity index (χ4v) is 5.87. The van der Waals surface area contributed by atoms with Gasteiger partial charge in [0.1, 0.15) is 17.5 Å². The zero-order valence-corrected chi connectivity index (χ0v) is 15.2. The molecule has 1 N–H and O–H groups in total. The van der Waals surface area contributed by atoms with E-state index in [0.717, 1.165) is 30.5 Å². The van der Waals surface area contributed by atoms with E-state index in [2.05, 4.69) is 11.8 Å². The molecular formula is C20H27NO4. The van der Waals surface area contributed by atoms with E-state index in [1.54, 1.807) is 20.3 Å². The van der Waals surface area contributed by atoms with E-state index < -0.39 is 12.0 Å². The van der Waals surface area contributed by atoms with Crippen LogP contribution in [0, 0.1) is 23.2 Å². The molecule has 5 atom stereocenters. The normalized spacial score (nSPS) is 34.8. The highest BCUT2D eigenvalue weighted by molar-refractivity contribution is 5.76. The van der Waals surface area contributed by atoms with Crippen molar-refractivity contribution in [2.24, 2.45) is 23.2 Å².